The maximum atomic E-state index is 13.0. The minimum absolute atomic E-state index is 0.180. The molecule has 2 heterocycles. The smallest absolute Gasteiger partial charge is 0.321 e. The van der Waals surface area contributed by atoms with E-state index >= 15 is 0 Å². The monoisotopic (exact) mass is 565 g/mol. The second-order valence-electron chi connectivity index (χ2n) is 8.80. The topological polar surface area (TPSA) is 150 Å². The molecule has 1 saturated carbocycles. The normalized spacial score (nSPS) is 20.1. The third kappa shape index (κ3) is 5.04. The highest BCUT2D eigenvalue weighted by molar-refractivity contribution is 7.89. The zero-order valence-corrected chi connectivity index (χ0v) is 22.1. The molecule has 1 fully saturated rings. The number of aromatic nitrogens is 2. The first-order valence-corrected chi connectivity index (χ1v) is 13.5. The van der Waals surface area contributed by atoms with Crippen LogP contribution >= 0.6 is 23.8 Å². The lowest BCUT2D eigenvalue weighted by molar-refractivity contribution is -0.384. The number of likely N-dealkylation sites (N-methyl/N-ethyl adjacent to an activating group) is 1. The molecule has 37 heavy (non-hydrogen) atoms. The Labute approximate surface area is 223 Å². The van der Waals surface area contributed by atoms with Gasteiger partial charge < -0.3 is 14.9 Å². The number of nitro groups is 1. The Morgan fingerprint density at radius 1 is 1.38 bits per heavy atom. The van der Waals surface area contributed by atoms with Gasteiger partial charge in [0, 0.05) is 31.7 Å². The van der Waals surface area contributed by atoms with Gasteiger partial charge in [-0.3, -0.25) is 14.9 Å². The van der Waals surface area contributed by atoms with Gasteiger partial charge in [0.2, 0.25) is 10.0 Å². The van der Waals surface area contributed by atoms with Crippen molar-refractivity contribution in [1.29, 1.82) is 0 Å². The Morgan fingerprint density at radius 3 is 2.84 bits per heavy atom. The van der Waals surface area contributed by atoms with Crippen molar-refractivity contribution in [3.8, 4) is 0 Å². The summed E-state index contributed by atoms with van der Waals surface area (Å²) in [6, 6.07) is 6.79. The first kappa shape index (κ1) is 26.9. The molecule has 14 heteroatoms. The van der Waals surface area contributed by atoms with Crippen molar-refractivity contribution >= 4 is 56.1 Å². The van der Waals surface area contributed by atoms with Gasteiger partial charge in [0.15, 0.2) is 0 Å². The minimum atomic E-state index is -4.25. The molecule has 3 aromatic rings. The summed E-state index contributed by atoms with van der Waals surface area (Å²) in [5.41, 5.74) is 6.28. The highest BCUT2D eigenvalue weighted by Gasteiger charge is 2.47. The van der Waals surface area contributed by atoms with E-state index in [4.69, 9.17) is 34.3 Å². The fraction of sp³-hybridized carbons (Fsp3) is 0.348. The van der Waals surface area contributed by atoms with Crippen molar-refractivity contribution in [2.24, 2.45) is 5.73 Å². The van der Waals surface area contributed by atoms with Gasteiger partial charge >= 0.3 is 5.97 Å². The van der Waals surface area contributed by atoms with Crippen molar-refractivity contribution in [1.82, 2.24) is 13.7 Å². The van der Waals surface area contributed by atoms with Crippen molar-refractivity contribution < 1.29 is 22.9 Å². The number of hydrogen-bond donors (Lipinski definition) is 1. The number of carbonyl (C=O) groups excluding carboxylic acids is 1. The fourth-order valence-corrected chi connectivity index (χ4v) is 6.35. The number of carbonyl (C=O) groups is 1. The second-order valence-corrected chi connectivity index (χ2v) is 11.7. The first-order valence-electron chi connectivity index (χ1n) is 11.3. The van der Waals surface area contributed by atoms with E-state index in [-0.39, 0.29) is 14.9 Å². The summed E-state index contributed by atoms with van der Waals surface area (Å²) in [5.74, 6) is -0.800. The molecule has 2 atom stereocenters. The number of nitro benzene ring substituents is 1. The van der Waals surface area contributed by atoms with E-state index in [9.17, 15) is 23.3 Å². The van der Waals surface area contributed by atoms with Gasteiger partial charge in [-0.15, -0.1) is 0 Å². The van der Waals surface area contributed by atoms with Crippen LogP contribution in [0.3, 0.4) is 0 Å². The van der Waals surface area contributed by atoms with Crippen LogP contribution in [-0.2, 0) is 25.0 Å². The van der Waals surface area contributed by atoms with Crippen LogP contribution in [0.25, 0.3) is 5.65 Å². The second kappa shape index (κ2) is 10.3. The van der Waals surface area contributed by atoms with Crippen molar-refractivity contribution in [2.75, 3.05) is 13.6 Å². The largest absolute Gasteiger partial charge is 0.460 e. The zero-order valence-electron chi connectivity index (χ0n) is 19.7. The van der Waals surface area contributed by atoms with E-state index in [1.165, 1.54) is 7.05 Å². The molecule has 0 spiro atoms. The fourth-order valence-electron chi connectivity index (χ4n) is 4.67. The van der Waals surface area contributed by atoms with Gasteiger partial charge in [0.05, 0.1) is 20.2 Å². The molecule has 2 unspecified atom stereocenters. The SMILES string of the molecule is CN(CC(=O)OC1CCCCC1(C(N)=S)c1ccc2nccn2c1)S(=O)(=O)c1ccc(Cl)c([N+](=O)[O-])c1. The van der Waals surface area contributed by atoms with E-state index in [0.717, 1.165) is 46.6 Å². The molecule has 0 saturated heterocycles. The number of benzene rings is 1. The van der Waals surface area contributed by atoms with Gasteiger partial charge in [-0.25, -0.2) is 13.4 Å². The molecule has 0 bridgehead atoms. The molecular formula is C23H24ClN5O6S2. The first-order chi connectivity index (χ1) is 17.5. The molecular weight excluding hydrogens is 542 g/mol. The predicted octanol–water partition coefficient (Wildman–Crippen LogP) is 3.23. The molecule has 2 aromatic heterocycles. The molecule has 0 amide bonds. The van der Waals surface area contributed by atoms with Crippen LogP contribution < -0.4 is 5.73 Å². The maximum absolute atomic E-state index is 13.0. The van der Waals surface area contributed by atoms with E-state index in [2.05, 4.69) is 4.98 Å². The summed E-state index contributed by atoms with van der Waals surface area (Å²) >= 11 is 11.3. The molecule has 2 N–H and O–H groups in total. The Hall–Kier alpha value is -3.13. The molecule has 0 radical (unpaired) electrons. The Morgan fingerprint density at radius 2 is 2.14 bits per heavy atom. The van der Waals surface area contributed by atoms with Gasteiger partial charge in [-0.05, 0) is 43.0 Å². The van der Waals surface area contributed by atoms with Crippen molar-refractivity contribution in [2.45, 2.75) is 42.1 Å². The van der Waals surface area contributed by atoms with Crippen LogP contribution in [0.1, 0.15) is 31.2 Å². The van der Waals surface area contributed by atoms with E-state index < -0.39 is 44.7 Å². The number of rotatable bonds is 8. The van der Waals surface area contributed by atoms with Crippen LogP contribution in [0.5, 0.6) is 0 Å². The van der Waals surface area contributed by atoms with Gasteiger partial charge in [0.1, 0.15) is 23.3 Å². The lowest BCUT2D eigenvalue weighted by atomic mass is 9.67. The number of fused-ring (bicyclic) bond motifs is 1. The molecule has 1 aliphatic carbocycles. The minimum Gasteiger partial charge on any atom is -0.460 e. The third-order valence-electron chi connectivity index (χ3n) is 6.63. The highest BCUT2D eigenvalue weighted by atomic mass is 35.5. The molecule has 1 aliphatic rings. The van der Waals surface area contributed by atoms with Crippen molar-refractivity contribution in [3.63, 3.8) is 0 Å². The molecule has 4 rings (SSSR count). The number of halogens is 1. The third-order valence-corrected chi connectivity index (χ3v) is 9.11. The summed E-state index contributed by atoms with van der Waals surface area (Å²) in [5, 5.41) is 11.0. The summed E-state index contributed by atoms with van der Waals surface area (Å²) < 4.78 is 34.4. The number of imidazole rings is 1. The van der Waals surface area contributed by atoms with Gasteiger partial charge in [0.25, 0.3) is 5.69 Å². The van der Waals surface area contributed by atoms with Gasteiger partial charge in [-0.1, -0.05) is 36.3 Å². The molecule has 0 aliphatic heterocycles. The Bertz CT molecular complexity index is 1490. The maximum Gasteiger partial charge on any atom is 0.321 e. The molecule has 1 aromatic carbocycles. The van der Waals surface area contributed by atoms with Crippen LogP contribution in [0.2, 0.25) is 5.02 Å². The van der Waals surface area contributed by atoms with E-state index in [0.29, 0.717) is 12.8 Å². The predicted molar refractivity (Wildman–Crippen MR) is 140 cm³/mol. The lowest BCUT2D eigenvalue weighted by Crippen LogP contribution is -2.53. The molecule has 196 valence electrons. The number of esters is 1. The number of nitrogens with zero attached hydrogens (tertiary/aromatic N) is 4. The van der Waals surface area contributed by atoms with Crippen LogP contribution in [0.4, 0.5) is 5.69 Å². The summed E-state index contributed by atoms with van der Waals surface area (Å²) in [6.07, 6.45) is 7.24. The number of hydrogen-bond acceptors (Lipinski definition) is 8. The quantitative estimate of drug-likeness (QED) is 0.188. The summed E-state index contributed by atoms with van der Waals surface area (Å²) in [7, 11) is -3.07. The van der Waals surface area contributed by atoms with E-state index in [1.807, 2.05) is 22.7 Å². The van der Waals surface area contributed by atoms with Crippen LogP contribution in [0, 0.1) is 10.1 Å². The average molecular weight is 566 g/mol. The summed E-state index contributed by atoms with van der Waals surface area (Å²) in [4.78, 5) is 27.4. The Kier molecular flexibility index (Phi) is 7.51. The van der Waals surface area contributed by atoms with Gasteiger partial charge in [-0.2, -0.15) is 4.31 Å². The number of ether oxygens (including phenoxy) is 1. The number of thiocarbonyl (C=S) groups is 1. The average Bonchev–Trinajstić information content (AvgIpc) is 3.32. The van der Waals surface area contributed by atoms with E-state index in [1.54, 1.807) is 12.4 Å². The number of sulfonamides is 1. The number of pyridine rings is 1. The van der Waals surface area contributed by atoms with Crippen LogP contribution in [-0.4, -0.2) is 57.7 Å². The standard InChI is InChI=1S/C23H24ClN5O6S2/c1-27(37(33,34)16-6-7-17(24)18(12-16)29(31)32)14-21(30)35-19-4-2-3-9-23(19,22(25)36)15-5-8-20-26-10-11-28(20)13-15/h5-8,10-13,19H,2-4,9,14H2,1H3,(H2,25,36). The highest BCUT2D eigenvalue weighted by Crippen LogP contribution is 2.42. The molecule has 11 nitrogen and oxygen atoms in total. The zero-order chi connectivity index (χ0) is 27.0. The summed E-state index contributed by atoms with van der Waals surface area (Å²) in [6.45, 7) is -0.622. The number of nitrogens with two attached hydrogens (primary N) is 1. The lowest BCUT2D eigenvalue weighted by Gasteiger charge is -2.43. The Balaban J connectivity index is 1.57. The van der Waals surface area contributed by atoms with Crippen LogP contribution in [0.15, 0.2) is 53.8 Å². The van der Waals surface area contributed by atoms with Crippen molar-refractivity contribution in [3.05, 3.63) is 69.6 Å².